The highest BCUT2D eigenvalue weighted by Crippen LogP contribution is 2.11. The molecule has 0 radical (unpaired) electrons. The minimum atomic E-state index is 0.0118. The molecule has 4 nitrogen and oxygen atoms in total. The molecule has 1 aliphatic heterocycles. The Kier molecular flexibility index (Phi) is 3.79. The standard InChI is InChI=1S/C12H16BrN3O/c1-8-6-16(7-9(2)15-8)12(17)11-4-3-10(13)5-14-11/h3-5,8-9,15H,6-7H2,1-2H3/t8-,9+. The second-order valence-corrected chi connectivity index (χ2v) is 5.46. The van der Waals surface area contributed by atoms with Gasteiger partial charge in [0.05, 0.1) is 0 Å². The summed E-state index contributed by atoms with van der Waals surface area (Å²) in [6, 6.07) is 4.26. The third kappa shape index (κ3) is 3.04. The average Bonchev–Trinajstić information content (AvgIpc) is 2.28. The quantitative estimate of drug-likeness (QED) is 0.858. The van der Waals surface area contributed by atoms with Crippen LogP contribution in [0, 0.1) is 0 Å². The summed E-state index contributed by atoms with van der Waals surface area (Å²) < 4.78 is 0.885. The highest BCUT2D eigenvalue weighted by Gasteiger charge is 2.25. The topological polar surface area (TPSA) is 45.2 Å². The van der Waals surface area contributed by atoms with Crippen LogP contribution in [0.2, 0.25) is 0 Å². The lowest BCUT2D eigenvalue weighted by molar-refractivity contribution is 0.0668. The molecule has 2 rings (SSSR count). The van der Waals surface area contributed by atoms with Crippen LogP contribution in [0.4, 0.5) is 0 Å². The number of hydrogen-bond donors (Lipinski definition) is 1. The van der Waals surface area contributed by atoms with Crippen LogP contribution in [0.3, 0.4) is 0 Å². The van der Waals surface area contributed by atoms with E-state index in [1.54, 1.807) is 12.3 Å². The van der Waals surface area contributed by atoms with Crippen LogP contribution < -0.4 is 5.32 Å². The molecule has 1 fully saturated rings. The molecule has 1 amide bonds. The van der Waals surface area contributed by atoms with Crippen LogP contribution in [0.15, 0.2) is 22.8 Å². The molecular weight excluding hydrogens is 282 g/mol. The Morgan fingerprint density at radius 2 is 2.06 bits per heavy atom. The second kappa shape index (κ2) is 5.14. The van der Waals surface area contributed by atoms with E-state index in [0.29, 0.717) is 17.8 Å². The Balaban J connectivity index is 2.11. The van der Waals surface area contributed by atoms with Gasteiger partial charge in [0.1, 0.15) is 5.69 Å². The number of halogens is 1. The Morgan fingerprint density at radius 3 is 2.59 bits per heavy atom. The van der Waals surface area contributed by atoms with Crippen LogP contribution in [-0.2, 0) is 0 Å². The molecule has 1 N–H and O–H groups in total. The first-order chi connectivity index (χ1) is 8.06. The molecule has 0 spiro atoms. The number of carbonyl (C=O) groups excluding carboxylic acids is 1. The number of aromatic nitrogens is 1. The molecule has 0 aromatic carbocycles. The summed E-state index contributed by atoms with van der Waals surface area (Å²) in [4.78, 5) is 18.2. The molecule has 0 aliphatic carbocycles. The van der Waals surface area contributed by atoms with Crippen molar-refractivity contribution >= 4 is 21.8 Å². The van der Waals surface area contributed by atoms with E-state index in [4.69, 9.17) is 0 Å². The molecule has 1 aliphatic rings. The first-order valence-electron chi connectivity index (χ1n) is 5.73. The molecule has 0 saturated carbocycles. The van der Waals surface area contributed by atoms with Crippen LogP contribution in [-0.4, -0.2) is 41.0 Å². The summed E-state index contributed by atoms with van der Waals surface area (Å²) >= 11 is 3.31. The first kappa shape index (κ1) is 12.5. The van der Waals surface area contributed by atoms with Crippen molar-refractivity contribution in [2.45, 2.75) is 25.9 Å². The lowest BCUT2D eigenvalue weighted by Gasteiger charge is -2.35. The van der Waals surface area contributed by atoms with Gasteiger partial charge in [-0.3, -0.25) is 4.79 Å². The van der Waals surface area contributed by atoms with Gasteiger partial charge in [-0.15, -0.1) is 0 Å². The minimum absolute atomic E-state index is 0.0118. The third-order valence-corrected chi connectivity index (χ3v) is 3.26. The molecule has 2 atom stereocenters. The average molecular weight is 298 g/mol. The monoisotopic (exact) mass is 297 g/mol. The van der Waals surface area contributed by atoms with Gasteiger partial charge in [0, 0.05) is 35.8 Å². The molecule has 2 heterocycles. The SMILES string of the molecule is C[C@@H]1CN(C(=O)c2ccc(Br)cn2)C[C@H](C)N1. The number of rotatable bonds is 1. The van der Waals surface area contributed by atoms with E-state index in [2.05, 4.69) is 40.1 Å². The number of pyridine rings is 1. The van der Waals surface area contributed by atoms with Crippen molar-refractivity contribution in [2.75, 3.05) is 13.1 Å². The van der Waals surface area contributed by atoms with E-state index in [1.807, 2.05) is 11.0 Å². The van der Waals surface area contributed by atoms with Crippen molar-refractivity contribution in [3.05, 3.63) is 28.5 Å². The summed E-state index contributed by atoms with van der Waals surface area (Å²) in [6.45, 7) is 5.65. The molecule has 1 aromatic heterocycles. The van der Waals surface area contributed by atoms with E-state index in [9.17, 15) is 4.79 Å². The van der Waals surface area contributed by atoms with Gasteiger partial charge in [0.2, 0.25) is 0 Å². The zero-order chi connectivity index (χ0) is 12.4. The zero-order valence-electron chi connectivity index (χ0n) is 9.98. The van der Waals surface area contributed by atoms with Gasteiger partial charge in [-0.25, -0.2) is 4.98 Å². The van der Waals surface area contributed by atoms with Gasteiger partial charge in [-0.2, -0.15) is 0 Å². The molecule has 1 saturated heterocycles. The van der Waals surface area contributed by atoms with Gasteiger partial charge >= 0.3 is 0 Å². The number of hydrogen-bond acceptors (Lipinski definition) is 3. The van der Waals surface area contributed by atoms with Gasteiger partial charge in [-0.05, 0) is 41.9 Å². The van der Waals surface area contributed by atoms with Gasteiger partial charge in [0.25, 0.3) is 5.91 Å². The number of amides is 1. The largest absolute Gasteiger partial charge is 0.334 e. The Labute approximate surface area is 110 Å². The van der Waals surface area contributed by atoms with Crippen LogP contribution in [0.25, 0.3) is 0 Å². The Hall–Kier alpha value is -0.940. The molecule has 0 unspecified atom stereocenters. The van der Waals surface area contributed by atoms with Crippen LogP contribution in [0.1, 0.15) is 24.3 Å². The smallest absolute Gasteiger partial charge is 0.272 e. The predicted molar refractivity (Wildman–Crippen MR) is 69.9 cm³/mol. The number of nitrogens with one attached hydrogen (secondary N) is 1. The highest BCUT2D eigenvalue weighted by molar-refractivity contribution is 9.10. The van der Waals surface area contributed by atoms with E-state index >= 15 is 0 Å². The van der Waals surface area contributed by atoms with Crippen LogP contribution >= 0.6 is 15.9 Å². The van der Waals surface area contributed by atoms with E-state index < -0.39 is 0 Å². The van der Waals surface area contributed by atoms with Crippen molar-refractivity contribution in [1.29, 1.82) is 0 Å². The fraction of sp³-hybridized carbons (Fsp3) is 0.500. The number of piperazine rings is 1. The molecule has 1 aromatic rings. The molecule has 0 bridgehead atoms. The lowest BCUT2D eigenvalue weighted by atomic mass is 10.1. The van der Waals surface area contributed by atoms with E-state index in [0.717, 1.165) is 17.6 Å². The van der Waals surface area contributed by atoms with Crippen molar-refractivity contribution in [3.63, 3.8) is 0 Å². The minimum Gasteiger partial charge on any atom is -0.334 e. The fourth-order valence-electron chi connectivity index (χ4n) is 2.16. The summed E-state index contributed by atoms with van der Waals surface area (Å²) in [5.74, 6) is 0.0118. The normalized spacial score (nSPS) is 24.8. The van der Waals surface area contributed by atoms with Crippen molar-refractivity contribution in [1.82, 2.24) is 15.2 Å². The summed E-state index contributed by atoms with van der Waals surface area (Å²) in [5.41, 5.74) is 0.509. The summed E-state index contributed by atoms with van der Waals surface area (Å²) in [5, 5.41) is 3.40. The second-order valence-electron chi connectivity index (χ2n) is 4.54. The lowest BCUT2D eigenvalue weighted by Crippen LogP contribution is -2.55. The molecule has 92 valence electrons. The molecule has 17 heavy (non-hydrogen) atoms. The summed E-state index contributed by atoms with van der Waals surface area (Å²) in [6.07, 6.45) is 1.66. The van der Waals surface area contributed by atoms with Gasteiger partial charge in [0.15, 0.2) is 0 Å². The van der Waals surface area contributed by atoms with Crippen molar-refractivity contribution in [2.24, 2.45) is 0 Å². The zero-order valence-corrected chi connectivity index (χ0v) is 11.6. The maximum atomic E-state index is 12.2. The third-order valence-electron chi connectivity index (χ3n) is 2.79. The summed E-state index contributed by atoms with van der Waals surface area (Å²) in [7, 11) is 0. The molecular formula is C12H16BrN3O. The predicted octanol–water partition coefficient (Wildman–Crippen LogP) is 1.67. The van der Waals surface area contributed by atoms with E-state index in [-0.39, 0.29) is 5.91 Å². The van der Waals surface area contributed by atoms with Gasteiger partial charge < -0.3 is 10.2 Å². The first-order valence-corrected chi connectivity index (χ1v) is 6.52. The maximum Gasteiger partial charge on any atom is 0.272 e. The Bertz CT molecular complexity index is 397. The highest BCUT2D eigenvalue weighted by atomic mass is 79.9. The maximum absolute atomic E-state index is 12.2. The van der Waals surface area contributed by atoms with E-state index in [1.165, 1.54) is 0 Å². The van der Waals surface area contributed by atoms with Gasteiger partial charge in [-0.1, -0.05) is 0 Å². The van der Waals surface area contributed by atoms with Crippen LogP contribution in [0.5, 0.6) is 0 Å². The van der Waals surface area contributed by atoms with Crippen molar-refractivity contribution < 1.29 is 4.79 Å². The fourth-order valence-corrected chi connectivity index (χ4v) is 2.39. The number of carbonyl (C=O) groups is 1. The molecule has 5 heteroatoms. The Morgan fingerprint density at radius 1 is 1.41 bits per heavy atom. The number of nitrogens with zero attached hydrogens (tertiary/aromatic N) is 2. The van der Waals surface area contributed by atoms with Crippen molar-refractivity contribution in [3.8, 4) is 0 Å².